The molecule has 0 saturated heterocycles. The normalized spacial score (nSPS) is 9.96. The van der Waals surface area contributed by atoms with E-state index in [1.165, 1.54) is 0 Å². The molecule has 0 fully saturated rings. The van der Waals surface area contributed by atoms with Gasteiger partial charge >= 0.3 is 12.1 Å². The van der Waals surface area contributed by atoms with Crippen molar-refractivity contribution in [3.8, 4) is 11.3 Å². The van der Waals surface area contributed by atoms with Crippen molar-refractivity contribution in [1.29, 1.82) is 0 Å². The number of carbonyl (C=O) groups is 2. The highest BCUT2D eigenvalue weighted by Gasteiger charge is 2.09. The second kappa shape index (κ2) is 8.42. The number of amides is 3. The molecule has 1 heterocycles. The van der Waals surface area contributed by atoms with Crippen molar-refractivity contribution >= 4 is 17.9 Å². The number of ether oxygens (including phenoxy) is 1. The Morgan fingerprint density at radius 3 is 2.65 bits per heavy atom. The van der Waals surface area contributed by atoms with Gasteiger partial charge in [-0.3, -0.25) is 5.32 Å². The summed E-state index contributed by atoms with van der Waals surface area (Å²) in [4.78, 5) is 22.7. The molecule has 0 bridgehead atoms. The Morgan fingerprint density at radius 1 is 1.17 bits per heavy atom. The summed E-state index contributed by atoms with van der Waals surface area (Å²) in [5.74, 6) is 0.865. The van der Waals surface area contributed by atoms with Crippen LogP contribution in [0, 0.1) is 0 Å². The van der Waals surface area contributed by atoms with Crippen LogP contribution in [0.4, 0.5) is 15.4 Å². The number of urea groups is 1. The molecule has 122 valence electrons. The number of aromatic nitrogens is 1. The lowest BCUT2D eigenvalue weighted by Gasteiger charge is -2.06. The highest BCUT2D eigenvalue weighted by Crippen LogP contribution is 2.21. The molecule has 0 radical (unpaired) electrons. The minimum atomic E-state index is -0.515. The fourth-order valence-electron chi connectivity index (χ4n) is 1.76. The topological polar surface area (TPSA) is 105 Å². The molecule has 1 aromatic heterocycles. The minimum absolute atomic E-state index is 0.258. The molecule has 8 heteroatoms. The van der Waals surface area contributed by atoms with E-state index in [1.54, 1.807) is 13.0 Å². The van der Waals surface area contributed by atoms with Gasteiger partial charge in [0.05, 0.1) is 6.61 Å². The van der Waals surface area contributed by atoms with Gasteiger partial charge in [-0.05, 0) is 6.92 Å². The van der Waals surface area contributed by atoms with Crippen LogP contribution < -0.4 is 16.0 Å². The summed E-state index contributed by atoms with van der Waals surface area (Å²) >= 11 is 0. The van der Waals surface area contributed by atoms with E-state index < -0.39 is 12.1 Å². The summed E-state index contributed by atoms with van der Waals surface area (Å²) < 4.78 is 9.86. The lowest BCUT2D eigenvalue weighted by molar-refractivity contribution is 0.152. The molecule has 0 saturated carbocycles. The Hall–Kier alpha value is -3.03. The average Bonchev–Trinajstić information content (AvgIpc) is 3.01. The number of alkyl carbamates (subject to hydrolysis) is 1. The van der Waals surface area contributed by atoms with Crippen LogP contribution in [0.15, 0.2) is 40.9 Å². The van der Waals surface area contributed by atoms with Crippen LogP contribution in [0.1, 0.15) is 6.92 Å². The van der Waals surface area contributed by atoms with E-state index >= 15 is 0 Å². The van der Waals surface area contributed by atoms with E-state index in [9.17, 15) is 9.59 Å². The molecule has 0 unspecified atom stereocenters. The summed E-state index contributed by atoms with van der Waals surface area (Å²) in [6.07, 6.45) is -0.515. The van der Waals surface area contributed by atoms with Crippen LogP contribution in [-0.2, 0) is 4.74 Å². The summed E-state index contributed by atoms with van der Waals surface area (Å²) in [6, 6.07) is 10.6. The van der Waals surface area contributed by atoms with Crippen molar-refractivity contribution in [2.24, 2.45) is 0 Å². The second-order valence-electron chi connectivity index (χ2n) is 4.47. The number of carbonyl (C=O) groups excluding carboxylic acids is 2. The number of hydrogen-bond donors (Lipinski definition) is 3. The lowest BCUT2D eigenvalue weighted by Crippen LogP contribution is -2.37. The minimum Gasteiger partial charge on any atom is -0.450 e. The number of nitrogens with one attached hydrogen (secondary N) is 3. The van der Waals surface area contributed by atoms with Crippen molar-refractivity contribution in [2.75, 3.05) is 25.0 Å². The Morgan fingerprint density at radius 2 is 1.91 bits per heavy atom. The molecule has 0 aliphatic rings. The van der Waals surface area contributed by atoms with E-state index in [-0.39, 0.29) is 13.1 Å². The maximum atomic E-state index is 11.7. The molecule has 2 aromatic rings. The van der Waals surface area contributed by atoms with Crippen molar-refractivity contribution in [3.05, 3.63) is 36.4 Å². The fourth-order valence-corrected chi connectivity index (χ4v) is 1.76. The SMILES string of the molecule is CCOC(=O)NCCNC(=O)Nc1cc(-c2ccccc2)on1. The van der Waals surface area contributed by atoms with Gasteiger partial charge in [-0.25, -0.2) is 9.59 Å². The summed E-state index contributed by atoms with van der Waals surface area (Å²) in [5, 5.41) is 11.4. The molecule has 3 N–H and O–H groups in total. The van der Waals surface area contributed by atoms with Crippen molar-refractivity contribution in [1.82, 2.24) is 15.8 Å². The van der Waals surface area contributed by atoms with Crippen molar-refractivity contribution in [3.63, 3.8) is 0 Å². The molecular formula is C15H18N4O4. The van der Waals surface area contributed by atoms with Crippen LogP contribution in [-0.4, -0.2) is 37.0 Å². The lowest BCUT2D eigenvalue weighted by atomic mass is 10.2. The molecule has 2 rings (SSSR count). The zero-order valence-electron chi connectivity index (χ0n) is 12.7. The largest absolute Gasteiger partial charge is 0.450 e. The highest BCUT2D eigenvalue weighted by molar-refractivity contribution is 5.88. The maximum absolute atomic E-state index is 11.7. The standard InChI is InChI=1S/C15H18N4O4/c1-2-22-15(21)17-9-8-16-14(20)18-13-10-12(23-19-13)11-6-4-3-5-7-11/h3-7,10H,2,8-9H2,1H3,(H,17,21)(H2,16,18,19,20). The van der Waals surface area contributed by atoms with Crippen molar-refractivity contribution in [2.45, 2.75) is 6.92 Å². The predicted octanol–water partition coefficient (Wildman–Crippen LogP) is 2.21. The van der Waals surface area contributed by atoms with Gasteiger partial charge in [0.15, 0.2) is 11.6 Å². The molecule has 8 nitrogen and oxygen atoms in total. The van der Waals surface area contributed by atoms with E-state index in [2.05, 4.69) is 25.8 Å². The number of benzene rings is 1. The van der Waals surface area contributed by atoms with Crippen molar-refractivity contribution < 1.29 is 18.8 Å². The Labute approximate surface area is 133 Å². The van der Waals surface area contributed by atoms with E-state index in [4.69, 9.17) is 4.52 Å². The quantitative estimate of drug-likeness (QED) is 0.708. The number of nitrogens with zero attached hydrogens (tertiary/aromatic N) is 1. The van der Waals surface area contributed by atoms with E-state index in [1.807, 2.05) is 30.3 Å². The summed E-state index contributed by atoms with van der Waals surface area (Å²) in [6.45, 7) is 2.54. The van der Waals surface area contributed by atoms with Gasteiger partial charge in [-0.15, -0.1) is 0 Å². The fraction of sp³-hybridized carbons (Fsp3) is 0.267. The van der Waals surface area contributed by atoms with Gasteiger partial charge in [-0.2, -0.15) is 0 Å². The number of hydrogen-bond acceptors (Lipinski definition) is 5. The van der Waals surface area contributed by atoms with Gasteiger partial charge in [0.25, 0.3) is 0 Å². The summed E-state index contributed by atoms with van der Waals surface area (Å²) in [5.41, 5.74) is 0.868. The predicted molar refractivity (Wildman–Crippen MR) is 84.0 cm³/mol. The van der Waals surface area contributed by atoms with Gasteiger partial charge in [0, 0.05) is 24.7 Å². The molecular weight excluding hydrogens is 300 g/mol. The van der Waals surface area contributed by atoms with Crippen LogP contribution in [0.5, 0.6) is 0 Å². The third kappa shape index (κ3) is 5.34. The number of rotatable bonds is 6. The summed E-state index contributed by atoms with van der Waals surface area (Å²) in [7, 11) is 0. The van der Waals surface area contributed by atoms with Gasteiger partial charge in [-0.1, -0.05) is 35.5 Å². The molecule has 0 atom stereocenters. The van der Waals surface area contributed by atoms with Crippen LogP contribution >= 0.6 is 0 Å². The monoisotopic (exact) mass is 318 g/mol. The van der Waals surface area contributed by atoms with Crippen LogP contribution in [0.3, 0.4) is 0 Å². The zero-order valence-corrected chi connectivity index (χ0v) is 12.7. The molecule has 3 amide bonds. The highest BCUT2D eigenvalue weighted by atomic mass is 16.5. The maximum Gasteiger partial charge on any atom is 0.407 e. The molecule has 0 aliphatic heterocycles. The Bertz CT molecular complexity index is 642. The first-order valence-electron chi connectivity index (χ1n) is 7.16. The average molecular weight is 318 g/mol. The van der Waals surface area contributed by atoms with Gasteiger partial charge < -0.3 is 19.9 Å². The van der Waals surface area contributed by atoms with Crippen LogP contribution in [0.25, 0.3) is 11.3 Å². The van der Waals surface area contributed by atoms with E-state index in [0.717, 1.165) is 5.56 Å². The molecule has 23 heavy (non-hydrogen) atoms. The smallest absolute Gasteiger partial charge is 0.407 e. The first-order valence-corrected chi connectivity index (χ1v) is 7.16. The van der Waals surface area contributed by atoms with Crippen LogP contribution in [0.2, 0.25) is 0 Å². The Balaban J connectivity index is 1.74. The van der Waals surface area contributed by atoms with E-state index in [0.29, 0.717) is 18.2 Å². The molecule has 0 spiro atoms. The van der Waals surface area contributed by atoms with Gasteiger partial charge in [0.2, 0.25) is 0 Å². The first-order chi connectivity index (χ1) is 11.2. The first kappa shape index (κ1) is 16.3. The van der Waals surface area contributed by atoms with Gasteiger partial charge in [0.1, 0.15) is 0 Å². The Kier molecular flexibility index (Phi) is 5.98. The zero-order chi connectivity index (χ0) is 16.5. The molecule has 1 aromatic carbocycles. The molecule has 0 aliphatic carbocycles. The number of anilines is 1. The third-order valence-electron chi connectivity index (χ3n) is 2.77. The third-order valence-corrected chi connectivity index (χ3v) is 2.77. The second-order valence-corrected chi connectivity index (χ2v) is 4.47.